The van der Waals surface area contributed by atoms with Crippen molar-refractivity contribution < 1.29 is 19.4 Å². The Labute approximate surface area is 111 Å². The summed E-state index contributed by atoms with van der Waals surface area (Å²) < 4.78 is 4.69. The van der Waals surface area contributed by atoms with Gasteiger partial charge in [-0.1, -0.05) is 18.2 Å². The van der Waals surface area contributed by atoms with E-state index in [1.165, 1.54) is 12.0 Å². The summed E-state index contributed by atoms with van der Waals surface area (Å²) in [5.74, 6) is -0.733. The number of likely N-dealkylation sites (tertiary alicyclic amines) is 1. The Bertz CT molecular complexity index is 500. The smallest absolute Gasteiger partial charge is 0.328 e. The number of amides is 1. The Hall–Kier alpha value is -1.88. The van der Waals surface area contributed by atoms with Gasteiger partial charge in [0.2, 0.25) is 0 Å². The van der Waals surface area contributed by atoms with Crippen LogP contribution in [0.1, 0.15) is 22.3 Å². The van der Waals surface area contributed by atoms with E-state index in [0.717, 1.165) is 5.56 Å². The molecular weight excluding hydrogens is 246 g/mol. The zero-order chi connectivity index (χ0) is 14.0. The van der Waals surface area contributed by atoms with E-state index in [1.54, 1.807) is 12.1 Å². The number of carbonyl (C=O) groups excluding carboxylic acids is 2. The van der Waals surface area contributed by atoms with Crippen LogP contribution in [-0.4, -0.2) is 47.7 Å². The second kappa shape index (κ2) is 5.40. The van der Waals surface area contributed by atoms with Crippen molar-refractivity contribution >= 4 is 11.9 Å². The number of benzene rings is 1. The number of hydrogen-bond acceptors (Lipinski definition) is 4. The Morgan fingerprint density at radius 1 is 1.37 bits per heavy atom. The zero-order valence-electron chi connectivity index (χ0n) is 11.0. The van der Waals surface area contributed by atoms with Gasteiger partial charge in [0.15, 0.2) is 0 Å². The molecule has 0 radical (unpaired) electrons. The predicted molar refractivity (Wildman–Crippen MR) is 68.6 cm³/mol. The first-order chi connectivity index (χ1) is 9.04. The molecule has 1 aromatic rings. The molecule has 1 saturated heterocycles. The number of rotatable bonds is 2. The topological polar surface area (TPSA) is 66.8 Å². The van der Waals surface area contributed by atoms with Gasteiger partial charge in [-0.25, -0.2) is 4.79 Å². The third kappa shape index (κ3) is 2.61. The first kappa shape index (κ1) is 13.5. The van der Waals surface area contributed by atoms with Crippen molar-refractivity contribution in [3.63, 3.8) is 0 Å². The lowest BCUT2D eigenvalue weighted by atomic mass is 10.1. The maximum Gasteiger partial charge on any atom is 0.328 e. The van der Waals surface area contributed by atoms with E-state index in [1.807, 2.05) is 19.1 Å². The lowest BCUT2D eigenvalue weighted by Gasteiger charge is -2.23. The molecule has 5 heteroatoms. The first-order valence-electron chi connectivity index (χ1n) is 6.17. The van der Waals surface area contributed by atoms with Crippen molar-refractivity contribution in [2.24, 2.45) is 0 Å². The number of aliphatic hydroxyl groups excluding tert-OH is 1. The molecule has 102 valence electrons. The van der Waals surface area contributed by atoms with Gasteiger partial charge in [-0.05, 0) is 18.6 Å². The van der Waals surface area contributed by atoms with Crippen LogP contribution < -0.4 is 0 Å². The molecule has 0 saturated carbocycles. The van der Waals surface area contributed by atoms with Crippen molar-refractivity contribution in [2.45, 2.75) is 25.5 Å². The van der Waals surface area contributed by atoms with E-state index >= 15 is 0 Å². The fourth-order valence-corrected chi connectivity index (χ4v) is 2.37. The first-order valence-corrected chi connectivity index (χ1v) is 6.17. The summed E-state index contributed by atoms with van der Waals surface area (Å²) in [6.07, 6.45) is -0.457. The van der Waals surface area contributed by atoms with Crippen molar-refractivity contribution in [1.29, 1.82) is 0 Å². The average Bonchev–Trinajstić information content (AvgIpc) is 2.79. The standard InChI is InChI=1S/C14H17NO4/c1-9-5-3-4-6-11(9)13(17)15-8-10(16)7-12(15)14(18)19-2/h3-6,10,12,16H,7-8H2,1-2H3. The van der Waals surface area contributed by atoms with Crippen LogP contribution in [0.3, 0.4) is 0 Å². The van der Waals surface area contributed by atoms with E-state index in [0.29, 0.717) is 5.56 Å². The summed E-state index contributed by atoms with van der Waals surface area (Å²) in [5.41, 5.74) is 1.39. The summed E-state index contributed by atoms with van der Waals surface area (Å²) in [4.78, 5) is 25.5. The molecule has 1 aliphatic rings. The van der Waals surface area contributed by atoms with E-state index in [2.05, 4.69) is 4.74 Å². The van der Waals surface area contributed by atoms with Crippen molar-refractivity contribution in [3.05, 3.63) is 35.4 Å². The maximum atomic E-state index is 12.5. The fourth-order valence-electron chi connectivity index (χ4n) is 2.37. The highest BCUT2D eigenvalue weighted by molar-refractivity contribution is 5.98. The van der Waals surface area contributed by atoms with Gasteiger partial charge < -0.3 is 14.7 Å². The van der Waals surface area contributed by atoms with Crippen LogP contribution in [0.5, 0.6) is 0 Å². The largest absolute Gasteiger partial charge is 0.467 e. The van der Waals surface area contributed by atoms with Gasteiger partial charge in [-0.2, -0.15) is 0 Å². The monoisotopic (exact) mass is 263 g/mol. The van der Waals surface area contributed by atoms with E-state index in [4.69, 9.17) is 0 Å². The van der Waals surface area contributed by atoms with Crippen LogP contribution in [0.15, 0.2) is 24.3 Å². The van der Waals surface area contributed by atoms with Gasteiger partial charge in [0.05, 0.1) is 13.2 Å². The summed E-state index contributed by atoms with van der Waals surface area (Å²) in [6, 6.07) is 6.48. The lowest BCUT2D eigenvalue weighted by molar-refractivity contribution is -0.145. The van der Waals surface area contributed by atoms with Crippen LogP contribution in [-0.2, 0) is 9.53 Å². The van der Waals surface area contributed by atoms with Crippen molar-refractivity contribution in [3.8, 4) is 0 Å². The minimum Gasteiger partial charge on any atom is -0.467 e. The summed E-state index contributed by atoms with van der Waals surface area (Å²) >= 11 is 0. The third-order valence-corrected chi connectivity index (χ3v) is 3.39. The van der Waals surface area contributed by atoms with Gasteiger partial charge >= 0.3 is 5.97 Å². The third-order valence-electron chi connectivity index (χ3n) is 3.39. The number of aryl methyl sites for hydroxylation is 1. The van der Waals surface area contributed by atoms with Crippen LogP contribution in [0, 0.1) is 6.92 Å². The van der Waals surface area contributed by atoms with Crippen LogP contribution in [0.25, 0.3) is 0 Å². The van der Waals surface area contributed by atoms with E-state index in [9.17, 15) is 14.7 Å². The van der Waals surface area contributed by atoms with Gasteiger partial charge in [-0.3, -0.25) is 4.79 Å². The quantitative estimate of drug-likeness (QED) is 0.799. The molecular formula is C14H17NO4. The SMILES string of the molecule is COC(=O)C1CC(O)CN1C(=O)c1ccccc1C. The molecule has 2 atom stereocenters. The van der Waals surface area contributed by atoms with Crippen molar-refractivity contribution in [2.75, 3.05) is 13.7 Å². The van der Waals surface area contributed by atoms with Crippen molar-refractivity contribution in [1.82, 2.24) is 4.90 Å². The molecule has 1 aliphatic heterocycles. The Morgan fingerprint density at radius 2 is 2.05 bits per heavy atom. The number of hydrogen-bond donors (Lipinski definition) is 1. The number of carbonyl (C=O) groups is 2. The number of nitrogens with zero attached hydrogens (tertiary/aromatic N) is 1. The molecule has 19 heavy (non-hydrogen) atoms. The molecule has 1 N–H and O–H groups in total. The molecule has 2 unspecified atom stereocenters. The zero-order valence-corrected chi connectivity index (χ0v) is 11.0. The summed E-state index contributed by atoms with van der Waals surface area (Å²) in [6.45, 7) is 2.00. The molecule has 1 aromatic carbocycles. The summed E-state index contributed by atoms with van der Waals surface area (Å²) in [7, 11) is 1.28. The fraction of sp³-hybridized carbons (Fsp3) is 0.429. The van der Waals surface area contributed by atoms with Crippen LogP contribution in [0.4, 0.5) is 0 Å². The number of esters is 1. The molecule has 5 nitrogen and oxygen atoms in total. The van der Waals surface area contributed by atoms with Crippen LogP contribution in [0.2, 0.25) is 0 Å². The normalized spacial score (nSPS) is 22.4. The predicted octanol–water partition coefficient (Wildman–Crippen LogP) is 0.743. The number of aliphatic hydroxyl groups is 1. The molecule has 0 aliphatic carbocycles. The number of ether oxygens (including phenoxy) is 1. The summed E-state index contributed by atoms with van der Waals surface area (Å²) in [5, 5.41) is 9.68. The van der Waals surface area contributed by atoms with Crippen LogP contribution >= 0.6 is 0 Å². The average molecular weight is 263 g/mol. The highest BCUT2D eigenvalue weighted by Crippen LogP contribution is 2.22. The van der Waals surface area contributed by atoms with Gasteiger partial charge in [-0.15, -0.1) is 0 Å². The lowest BCUT2D eigenvalue weighted by Crippen LogP contribution is -2.41. The molecule has 0 spiro atoms. The number of β-amino-alcohol motifs (C(OH)–C–C–N with tert-alkyl or cyclic N) is 1. The van der Waals surface area contributed by atoms with Gasteiger partial charge in [0.25, 0.3) is 5.91 Å². The number of methoxy groups -OCH3 is 1. The second-order valence-corrected chi connectivity index (χ2v) is 4.70. The Balaban J connectivity index is 2.27. The highest BCUT2D eigenvalue weighted by atomic mass is 16.5. The minimum atomic E-state index is -0.702. The maximum absolute atomic E-state index is 12.5. The Morgan fingerprint density at radius 3 is 2.68 bits per heavy atom. The molecule has 1 fully saturated rings. The molecule has 0 aromatic heterocycles. The van der Waals surface area contributed by atoms with E-state index < -0.39 is 18.1 Å². The minimum absolute atomic E-state index is 0.160. The molecule has 0 bridgehead atoms. The highest BCUT2D eigenvalue weighted by Gasteiger charge is 2.40. The Kier molecular flexibility index (Phi) is 3.85. The van der Waals surface area contributed by atoms with Gasteiger partial charge in [0.1, 0.15) is 6.04 Å². The molecule has 1 heterocycles. The molecule has 1 amide bonds. The molecule has 2 rings (SSSR count). The van der Waals surface area contributed by atoms with Gasteiger partial charge in [0, 0.05) is 18.5 Å². The second-order valence-electron chi connectivity index (χ2n) is 4.70. The van der Waals surface area contributed by atoms with E-state index in [-0.39, 0.29) is 18.9 Å².